The normalized spacial score (nSPS) is 18.6. The summed E-state index contributed by atoms with van der Waals surface area (Å²) in [5, 5.41) is 23.1. The second kappa shape index (κ2) is 15.6. The first kappa shape index (κ1) is 37.0. The Bertz CT molecular complexity index is 2270. The van der Waals surface area contributed by atoms with Gasteiger partial charge in [-0.05, 0) is 82.7 Å². The summed E-state index contributed by atoms with van der Waals surface area (Å²) in [7, 11) is 1.55. The summed E-state index contributed by atoms with van der Waals surface area (Å²) in [5.74, 6) is 0.0465. The zero-order valence-corrected chi connectivity index (χ0v) is 32.9. The summed E-state index contributed by atoms with van der Waals surface area (Å²) in [4.78, 5) is 35.9. The number of fused-ring (bicyclic) bond motifs is 5. The molecule has 3 aromatic carbocycles. The number of carbonyl (C=O) groups excluding carboxylic acids is 1. The maximum Gasteiger partial charge on any atom is 0.410 e. The number of halogens is 4. The molecule has 2 fully saturated rings. The number of aromatic nitrogens is 2. The number of nitro benzene ring substituents is 1. The van der Waals surface area contributed by atoms with Gasteiger partial charge in [-0.3, -0.25) is 15.0 Å². The number of hydrogen-bond acceptors (Lipinski definition) is 9. The third kappa shape index (κ3) is 6.91. The van der Waals surface area contributed by atoms with Gasteiger partial charge >= 0.3 is 6.09 Å². The molecule has 2 bridgehead atoms. The molecule has 268 valence electrons. The van der Waals surface area contributed by atoms with E-state index in [0.29, 0.717) is 51.5 Å². The summed E-state index contributed by atoms with van der Waals surface area (Å²) < 4.78 is 24.6. The summed E-state index contributed by atoms with van der Waals surface area (Å²) in [6.45, 7) is 3.13. The molecule has 0 saturated carbocycles. The van der Waals surface area contributed by atoms with E-state index in [2.05, 4.69) is 36.6 Å². The van der Waals surface area contributed by atoms with Gasteiger partial charge in [-0.2, -0.15) is 5.26 Å². The molecule has 0 spiro atoms. The van der Waals surface area contributed by atoms with E-state index >= 15 is 4.39 Å². The lowest BCUT2D eigenvalue weighted by Gasteiger charge is -2.31. The number of rotatable bonds is 10. The van der Waals surface area contributed by atoms with Crippen LogP contribution < -0.4 is 0 Å². The largest absolute Gasteiger partial charge is 0.448 e. The molecule has 16 heteroatoms. The van der Waals surface area contributed by atoms with Crippen LogP contribution >= 0.6 is 65.3 Å². The molecule has 0 aliphatic carbocycles. The van der Waals surface area contributed by atoms with Crippen molar-refractivity contribution in [3.63, 3.8) is 0 Å². The van der Waals surface area contributed by atoms with E-state index in [1.807, 2.05) is 19.1 Å². The van der Waals surface area contributed by atoms with Crippen molar-refractivity contribution in [2.45, 2.75) is 43.2 Å². The Morgan fingerprint density at radius 2 is 2.02 bits per heavy atom. The number of nitro groups is 1. The highest BCUT2D eigenvalue weighted by Crippen LogP contribution is 2.49. The van der Waals surface area contributed by atoms with Gasteiger partial charge in [0.25, 0.3) is 5.69 Å². The number of hydrogen-bond donors (Lipinski definition) is 1. The standard InChI is InChI=1S/C36H30Cl2FIN6O4S2/c1-19-24-16-27(43-33(24)25-15-20(6-5-11-41)30(32(39)34(25)42-19)23-7-4-8-26(37)31(23)38)35-21-14-22(45(35)36(47)50-12-13-51-40)18-44(17-21)52-29-10-3-2-9-28(29)46(48)49/h2-4,7-10,15-16,21-22,35,43H,5-6,12-14,17-18H2,1H3. The number of carbonyl (C=O) groups is 1. The highest BCUT2D eigenvalue weighted by Gasteiger charge is 2.50. The van der Waals surface area contributed by atoms with Crippen molar-refractivity contribution in [1.82, 2.24) is 19.2 Å². The first-order valence-corrected chi connectivity index (χ1v) is 21.5. The minimum Gasteiger partial charge on any atom is -0.448 e. The van der Waals surface area contributed by atoms with Crippen LogP contribution in [0.2, 0.25) is 10.0 Å². The molecule has 2 aromatic heterocycles. The van der Waals surface area contributed by atoms with Gasteiger partial charge in [0, 0.05) is 76.6 Å². The molecule has 1 N–H and O–H groups in total. The lowest BCUT2D eigenvalue weighted by atomic mass is 9.93. The Kier molecular flexibility index (Phi) is 11.1. The van der Waals surface area contributed by atoms with Crippen molar-refractivity contribution < 1.29 is 18.8 Å². The van der Waals surface area contributed by atoms with Crippen LogP contribution in [-0.4, -0.2) is 61.7 Å². The Hall–Kier alpha value is -3.33. The van der Waals surface area contributed by atoms with Crippen LogP contribution in [0, 0.1) is 40.1 Å². The fourth-order valence-corrected chi connectivity index (χ4v) is 9.73. The van der Waals surface area contributed by atoms with Crippen molar-refractivity contribution in [2.75, 3.05) is 25.4 Å². The highest BCUT2D eigenvalue weighted by atomic mass is 127. The topological polar surface area (TPSA) is 128 Å². The third-order valence-electron chi connectivity index (χ3n) is 9.60. The number of nitrogens with zero attached hydrogens (tertiary/aromatic N) is 5. The van der Waals surface area contributed by atoms with Gasteiger partial charge in [-0.1, -0.05) is 56.4 Å². The van der Waals surface area contributed by atoms with Crippen LogP contribution in [-0.2, 0) is 11.2 Å². The SMILES string of the molecule is Cc1nc2c(F)c(-c3cccc(Cl)c3Cl)c(CCC#N)cc2c2[nH]c(C3C4CC(CN(Sc5ccccc5[N+](=O)[O-])C4)N3C(=O)OCCSI)cc12. The minimum atomic E-state index is -0.562. The Morgan fingerprint density at radius 1 is 1.21 bits per heavy atom. The van der Waals surface area contributed by atoms with Crippen LogP contribution in [0.15, 0.2) is 59.5 Å². The molecule has 52 heavy (non-hydrogen) atoms. The molecule has 3 unspecified atom stereocenters. The summed E-state index contributed by atoms with van der Waals surface area (Å²) >= 11 is 16.4. The van der Waals surface area contributed by atoms with Crippen molar-refractivity contribution in [3.05, 3.63) is 97.5 Å². The molecule has 7 rings (SSSR count). The Labute approximate surface area is 329 Å². The van der Waals surface area contributed by atoms with E-state index in [1.54, 1.807) is 50.2 Å². The second-order valence-corrected chi connectivity index (χ2v) is 17.1. The predicted molar refractivity (Wildman–Crippen MR) is 213 cm³/mol. The van der Waals surface area contributed by atoms with E-state index < -0.39 is 18.0 Å². The summed E-state index contributed by atoms with van der Waals surface area (Å²) in [5.41, 5.74) is 3.48. The number of amides is 1. The number of pyridine rings is 1. The molecule has 3 atom stereocenters. The lowest BCUT2D eigenvalue weighted by molar-refractivity contribution is -0.387. The van der Waals surface area contributed by atoms with Crippen LogP contribution in [0.4, 0.5) is 14.9 Å². The molecular weight excluding hydrogens is 861 g/mol. The van der Waals surface area contributed by atoms with E-state index in [1.165, 1.54) is 18.0 Å². The fraction of sp³-hybridized carbons (Fsp3) is 0.306. The van der Waals surface area contributed by atoms with E-state index in [-0.39, 0.29) is 63.1 Å². The highest BCUT2D eigenvalue weighted by molar-refractivity contribution is 14.2. The van der Waals surface area contributed by atoms with E-state index in [4.69, 9.17) is 32.9 Å². The maximum atomic E-state index is 16.8. The Balaban J connectivity index is 1.33. The molecule has 5 aromatic rings. The Morgan fingerprint density at radius 3 is 2.79 bits per heavy atom. The maximum absolute atomic E-state index is 16.8. The average molecular weight is 892 g/mol. The van der Waals surface area contributed by atoms with Crippen molar-refractivity contribution in [2.24, 2.45) is 5.92 Å². The smallest absolute Gasteiger partial charge is 0.410 e. The number of H-pyrrole nitrogens is 1. The first-order valence-electron chi connectivity index (χ1n) is 16.4. The van der Waals surface area contributed by atoms with Gasteiger partial charge < -0.3 is 9.72 Å². The average Bonchev–Trinajstić information content (AvgIpc) is 3.68. The number of para-hydroxylation sites is 1. The van der Waals surface area contributed by atoms with E-state index in [9.17, 15) is 20.2 Å². The number of benzene rings is 3. The monoisotopic (exact) mass is 890 g/mol. The molecule has 1 amide bonds. The predicted octanol–water partition coefficient (Wildman–Crippen LogP) is 10.5. The number of nitriles is 1. The van der Waals surface area contributed by atoms with Gasteiger partial charge in [-0.25, -0.2) is 18.5 Å². The summed E-state index contributed by atoms with van der Waals surface area (Å²) in [6, 6.07) is 17.1. The molecule has 2 aliphatic heterocycles. The number of likely N-dealkylation sites (tertiary alicyclic amines) is 1. The zero-order valence-electron chi connectivity index (χ0n) is 27.6. The van der Waals surface area contributed by atoms with Crippen LogP contribution in [0.25, 0.3) is 32.9 Å². The molecular formula is C36H30Cl2FIN6O4S2. The quantitative estimate of drug-likeness (QED) is 0.0479. The van der Waals surface area contributed by atoms with Crippen LogP contribution in [0.5, 0.6) is 0 Å². The molecule has 0 radical (unpaired) electrons. The van der Waals surface area contributed by atoms with E-state index in [0.717, 1.165) is 17.5 Å². The number of ether oxygens (including phenoxy) is 1. The molecule has 2 saturated heterocycles. The first-order chi connectivity index (χ1) is 25.1. The van der Waals surface area contributed by atoms with Crippen LogP contribution in [0.3, 0.4) is 0 Å². The fourth-order valence-electron chi connectivity index (χ4n) is 7.48. The van der Waals surface area contributed by atoms with Crippen molar-refractivity contribution in [3.8, 4) is 17.2 Å². The number of nitrogens with one attached hydrogen (secondary N) is 1. The number of piperidine rings is 1. The van der Waals surface area contributed by atoms with Gasteiger partial charge in [0.1, 0.15) is 17.0 Å². The molecule has 2 aliphatic rings. The van der Waals surface area contributed by atoms with Crippen molar-refractivity contribution >= 4 is 98.9 Å². The number of aryl methyl sites for hydroxylation is 2. The lowest BCUT2D eigenvalue weighted by Crippen LogP contribution is -2.42. The summed E-state index contributed by atoms with van der Waals surface area (Å²) in [6.07, 6.45) is 0.734. The van der Waals surface area contributed by atoms with Crippen LogP contribution in [0.1, 0.15) is 35.8 Å². The van der Waals surface area contributed by atoms with Gasteiger partial charge in [0.05, 0.1) is 32.6 Å². The zero-order chi connectivity index (χ0) is 36.7. The minimum absolute atomic E-state index is 0.0298. The third-order valence-corrected chi connectivity index (χ3v) is 13.2. The van der Waals surface area contributed by atoms with Gasteiger partial charge in [-0.15, -0.1) is 0 Å². The number of aromatic amines is 1. The second-order valence-electron chi connectivity index (χ2n) is 12.7. The van der Waals surface area contributed by atoms with Crippen molar-refractivity contribution in [1.29, 1.82) is 5.26 Å². The molecule has 10 nitrogen and oxygen atoms in total. The molecule has 4 heterocycles. The van der Waals surface area contributed by atoms with Gasteiger partial charge in [0.15, 0.2) is 5.82 Å². The van der Waals surface area contributed by atoms with Gasteiger partial charge in [0.2, 0.25) is 0 Å².